The van der Waals surface area contributed by atoms with Crippen molar-refractivity contribution in [2.75, 3.05) is 18.1 Å². The number of anilines is 1. The lowest BCUT2D eigenvalue weighted by Gasteiger charge is -2.28. The van der Waals surface area contributed by atoms with E-state index in [1.165, 1.54) is 4.88 Å². The third-order valence-electron chi connectivity index (χ3n) is 4.69. The predicted molar refractivity (Wildman–Crippen MR) is 90.9 cm³/mol. The molecular formula is C18H18N2O2S. The lowest BCUT2D eigenvalue weighted by molar-refractivity contribution is -0.114. The van der Waals surface area contributed by atoms with Gasteiger partial charge in [0.1, 0.15) is 0 Å². The SMILES string of the molecule is Cc1ccc2c(c1)C(=O)C(=O)N2CN1CCCC1c1cccs1. The van der Waals surface area contributed by atoms with Crippen molar-refractivity contribution >= 4 is 28.7 Å². The Morgan fingerprint density at radius 3 is 2.91 bits per heavy atom. The van der Waals surface area contributed by atoms with Gasteiger partial charge in [-0.1, -0.05) is 17.7 Å². The van der Waals surface area contributed by atoms with Gasteiger partial charge in [0.2, 0.25) is 0 Å². The molecule has 23 heavy (non-hydrogen) atoms. The summed E-state index contributed by atoms with van der Waals surface area (Å²) in [7, 11) is 0. The first-order chi connectivity index (χ1) is 11.1. The molecule has 4 nitrogen and oxygen atoms in total. The van der Waals surface area contributed by atoms with E-state index in [-0.39, 0.29) is 5.78 Å². The van der Waals surface area contributed by atoms with Crippen LogP contribution in [0.2, 0.25) is 0 Å². The Balaban J connectivity index is 1.62. The van der Waals surface area contributed by atoms with Crippen LogP contribution in [0.4, 0.5) is 5.69 Å². The van der Waals surface area contributed by atoms with Crippen molar-refractivity contribution in [2.45, 2.75) is 25.8 Å². The fourth-order valence-electron chi connectivity index (χ4n) is 3.53. The van der Waals surface area contributed by atoms with Crippen molar-refractivity contribution in [1.82, 2.24) is 4.90 Å². The minimum absolute atomic E-state index is 0.354. The highest BCUT2D eigenvalue weighted by molar-refractivity contribution is 7.10. The molecule has 2 aliphatic rings. The van der Waals surface area contributed by atoms with Gasteiger partial charge in [-0.25, -0.2) is 0 Å². The Labute approximate surface area is 139 Å². The Morgan fingerprint density at radius 1 is 1.26 bits per heavy atom. The van der Waals surface area contributed by atoms with Crippen molar-refractivity contribution in [3.05, 3.63) is 51.7 Å². The summed E-state index contributed by atoms with van der Waals surface area (Å²) in [6, 6.07) is 10.2. The molecule has 1 aromatic heterocycles. The van der Waals surface area contributed by atoms with Gasteiger partial charge in [-0.15, -0.1) is 11.3 Å². The summed E-state index contributed by atoms with van der Waals surface area (Å²) in [4.78, 5) is 29.9. The normalized spacial score (nSPS) is 21.3. The van der Waals surface area contributed by atoms with Crippen LogP contribution in [-0.2, 0) is 4.79 Å². The number of benzene rings is 1. The predicted octanol–water partition coefficient (Wildman–Crippen LogP) is 3.38. The fraction of sp³-hybridized carbons (Fsp3) is 0.333. The minimum atomic E-state index is -0.401. The molecule has 0 bridgehead atoms. The highest BCUT2D eigenvalue weighted by Gasteiger charge is 2.38. The molecule has 1 aromatic carbocycles. The second-order valence-electron chi connectivity index (χ2n) is 6.21. The maximum atomic E-state index is 12.4. The number of amides is 1. The summed E-state index contributed by atoms with van der Waals surface area (Å²) in [5, 5.41) is 2.09. The van der Waals surface area contributed by atoms with Gasteiger partial charge in [-0.2, -0.15) is 0 Å². The van der Waals surface area contributed by atoms with E-state index in [2.05, 4.69) is 22.4 Å². The van der Waals surface area contributed by atoms with Crippen LogP contribution in [0.1, 0.15) is 39.7 Å². The Kier molecular flexibility index (Phi) is 3.54. The van der Waals surface area contributed by atoms with Gasteiger partial charge < -0.3 is 0 Å². The maximum Gasteiger partial charge on any atom is 0.300 e. The third-order valence-corrected chi connectivity index (χ3v) is 5.66. The van der Waals surface area contributed by atoms with Crippen molar-refractivity contribution in [1.29, 1.82) is 0 Å². The number of hydrogen-bond donors (Lipinski definition) is 0. The standard InChI is InChI=1S/C18H18N2O2S/c1-12-6-7-14-13(10-12)17(21)18(22)20(14)11-19-8-2-4-15(19)16-5-3-9-23-16/h3,5-7,9-10,15H,2,4,8,11H2,1H3. The van der Waals surface area contributed by atoms with Crippen molar-refractivity contribution < 1.29 is 9.59 Å². The van der Waals surface area contributed by atoms with Gasteiger partial charge in [0.25, 0.3) is 5.78 Å². The monoisotopic (exact) mass is 326 g/mol. The van der Waals surface area contributed by atoms with Crippen molar-refractivity contribution in [2.24, 2.45) is 0 Å². The second-order valence-corrected chi connectivity index (χ2v) is 7.19. The van der Waals surface area contributed by atoms with Gasteiger partial charge in [0.15, 0.2) is 0 Å². The fourth-order valence-corrected chi connectivity index (χ4v) is 4.43. The first-order valence-electron chi connectivity index (χ1n) is 7.89. The average Bonchev–Trinajstić information content (AvgIpc) is 3.25. The average molecular weight is 326 g/mol. The van der Waals surface area contributed by atoms with Crippen LogP contribution >= 0.6 is 11.3 Å². The lowest BCUT2D eigenvalue weighted by atomic mass is 10.1. The number of hydrogen-bond acceptors (Lipinski definition) is 4. The highest BCUT2D eigenvalue weighted by Crippen LogP contribution is 2.37. The van der Waals surface area contributed by atoms with Gasteiger partial charge in [-0.3, -0.25) is 19.4 Å². The van der Waals surface area contributed by atoms with Gasteiger partial charge in [0, 0.05) is 17.5 Å². The molecule has 0 aliphatic carbocycles. The zero-order valence-corrected chi connectivity index (χ0v) is 13.8. The quantitative estimate of drug-likeness (QED) is 0.812. The maximum absolute atomic E-state index is 12.4. The summed E-state index contributed by atoms with van der Waals surface area (Å²) in [5.41, 5.74) is 2.30. The van der Waals surface area contributed by atoms with E-state index in [4.69, 9.17) is 0 Å². The summed E-state index contributed by atoms with van der Waals surface area (Å²) < 4.78 is 0. The lowest BCUT2D eigenvalue weighted by Crippen LogP contribution is -2.40. The van der Waals surface area contributed by atoms with E-state index >= 15 is 0 Å². The molecule has 1 atom stereocenters. The van der Waals surface area contributed by atoms with E-state index in [9.17, 15) is 9.59 Å². The molecule has 1 unspecified atom stereocenters. The molecule has 2 aliphatic heterocycles. The van der Waals surface area contributed by atoms with Gasteiger partial charge in [0.05, 0.1) is 17.9 Å². The molecule has 1 saturated heterocycles. The zero-order chi connectivity index (χ0) is 16.0. The van der Waals surface area contributed by atoms with E-state index in [1.807, 2.05) is 25.1 Å². The second kappa shape index (κ2) is 5.58. The van der Waals surface area contributed by atoms with Crippen LogP contribution in [0, 0.1) is 6.92 Å². The van der Waals surface area contributed by atoms with Gasteiger partial charge in [-0.05, 0) is 43.3 Å². The third kappa shape index (κ3) is 2.40. The molecule has 0 N–H and O–H groups in total. The number of ketones is 1. The highest BCUT2D eigenvalue weighted by atomic mass is 32.1. The molecule has 3 heterocycles. The Hall–Kier alpha value is -1.98. The molecule has 0 spiro atoms. The van der Waals surface area contributed by atoms with Crippen LogP contribution in [0.15, 0.2) is 35.7 Å². The van der Waals surface area contributed by atoms with Crippen LogP contribution in [-0.4, -0.2) is 29.8 Å². The molecule has 1 amide bonds. The summed E-state index contributed by atoms with van der Waals surface area (Å²) >= 11 is 1.76. The molecular weight excluding hydrogens is 308 g/mol. The van der Waals surface area contributed by atoms with Crippen LogP contribution < -0.4 is 4.90 Å². The topological polar surface area (TPSA) is 40.6 Å². The van der Waals surface area contributed by atoms with Crippen LogP contribution in [0.3, 0.4) is 0 Å². The van der Waals surface area contributed by atoms with Crippen molar-refractivity contribution in [3.8, 4) is 0 Å². The van der Waals surface area contributed by atoms with Gasteiger partial charge >= 0.3 is 5.91 Å². The summed E-state index contributed by atoms with van der Waals surface area (Å²) in [5.74, 6) is -0.780. The number of carbonyl (C=O) groups excluding carboxylic acids is 2. The largest absolute Gasteiger partial charge is 0.300 e. The number of rotatable bonds is 3. The molecule has 5 heteroatoms. The van der Waals surface area contributed by atoms with E-state index in [1.54, 1.807) is 16.2 Å². The molecule has 4 rings (SSSR count). The number of carbonyl (C=O) groups is 2. The number of nitrogens with zero attached hydrogens (tertiary/aromatic N) is 2. The van der Waals surface area contributed by atoms with Crippen molar-refractivity contribution in [3.63, 3.8) is 0 Å². The molecule has 2 aromatic rings. The summed E-state index contributed by atoms with van der Waals surface area (Å²) in [6.07, 6.45) is 2.23. The number of aryl methyl sites for hydroxylation is 1. The zero-order valence-electron chi connectivity index (χ0n) is 13.0. The van der Waals surface area contributed by atoms with Crippen LogP contribution in [0.5, 0.6) is 0 Å². The molecule has 1 fully saturated rings. The van der Waals surface area contributed by atoms with E-state index in [0.29, 0.717) is 18.3 Å². The Bertz CT molecular complexity index is 769. The van der Waals surface area contributed by atoms with E-state index < -0.39 is 5.91 Å². The van der Waals surface area contributed by atoms with E-state index in [0.717, 1.165) is 30.6 Å². The first-order valence-corrected chi connectivity index (χ1v) is 8.77. The Morgan fingerprint density at radius 2 is 2.13 bits per heavy atom. The number of thiophene rings is 1. The number of likely N-dealkylation sites (tertiary alicyclic amines) is 1. The summed E-state index contributed by atoms with van der Waals surface area (Å²) in [6.45, 7) is 3.39. The molecule has 0 radical (unpaired) electrons. The smallest absolute Gasteiger partial charge is 0.291 e. The molecule has 118 valence electrons. The van der Waals surface area contributed by atoms with Crippen LogP contribution in [0.25, 0.3) is 0 Å². The molecule has 0 saturated carbocycles. The first kappa shape index (κ1) is 14.6. The minimum Gasteiger partial charge on any atom is -0.291 e. The number of Topliss-reactive ketones (excluding diaryl/α,β-unsaturated/α-hetero) is 1. The number of fused-ring (bicyclic) bond motifs is 1.